The lowest BCUT2D eigenvalue weighted by Crippen LogP contribution is -2.23. The van der Waals surface area contributed by atoms with Crippen LogP contribution in [0.4, 0.5) is 0 Å². The number of H-pyrrole nitrogens is 2. The molecule has 4 aromatic rings. The molecule has 0 unspecified atom stereocenters. The molecular formula is C11H6N6O2S. The Morgan fingerprint density at radius 2 is 1.80 bits per heavy atom. The highest BCUT2D eigenvalue weighted by Gasteiger charge is 2.13. The molecule has 3 aromatic heterocycles. The molecule has 3 heterocycles. The molecule has 1 aromatic carbocycles. The van der Waals surface area contributed by atoms with Gasteiger partial charge in [-0.1, -0.05) is 0 Å². The zero-order valence-electron chi connectivity index (χ0n) is 10.1. The lowest BCUT2D eigenvalue weighted by Gasteiger charge is -2.02. The first kappa shape index (κ1) is 11.2. The summed E-state index contributed by atoms with van der Waals surface area (Å²) in [6, 6.07) is 1.81. The zero-order chi connectivity index (χ0) is 13.9. The molecule has 0 aliphatic carbocycles. The first-order valence-corrected chi connectivity index (χ1v) is 6.42. The van der Waals surface area contributed by atoms with Crippen molar-refractivity contribution in [3.8, 4) is 0 Å². The fourth-order valence-electron chi connectivity index (χ4n) is 2.15. The Morgan fingerprint density at radius 1 is 1.00 bits per heavy atom. The number of hydrogen-bond acceptors (Lipinski definition) is 7. The van der Waals surface area contributed by atoms with Crippen LogP contribution in [0.25, 0.3) is 33.2 Å². The van der Waals surface area contributed by atoms with Gasteiger partial charge in [-0.05, 0) is 18.6 Å². The van der Waals surface area contributed by atoms with Crippen molar-refractivity contribution in [2.45, 2.75) is 6.92 Å². The predicted octanol–water partition coefficient (Wildman–Crippen LogP) is 0.473. The molecule has 0 radical (unpaired) electrons. The number of nitrogens with one attached hydrogen (secondary N) is 2. The van der Waals surface area contributed by atoms with Crippen LogP contribution in [0, 0.1) is 6.92 Å². The van der Waals surface area contributed by atoms with Gasteiger partial charge in [-0.3, -0.25) is 14.8 Å². The van der Waals surface area contributed by atoms with Gasteiger partial charge in [0.2, 0.25) is 0 Å². The van der Waals surface area contributed by atoms with Gasteiger partial charge in [0.1, 0.15) is 16.6 Å². The van der Waals surface area contributed by atoms with E-state index in [1.807, 2.05) is 13.0 Å². The second-order valence-electron chi connectivity index (χ2n) is 4.35. The van der Waals surface area contributed by atoms with Crippen molar-refractivity contribution in [3.63, 3.8) is 0 Å². The normalized spacial score (nSPS) is 11.7. The smallest absolute Gasteiger partial charge is 0.290 e. The Labute approximate surface area is 113 Å². The summed E-state index contributed by atoms with van der Waals surface area (Å²) >= 11 is 1.08. The van der Waals surface area contributed by atoms with Gasteiger partial charge in [-0.2, -0.15) is 8.75 Å². The highest BCUT2D eigenvalue weighted by Crippen LogP contribution is 2.24. The molecule has 0 aliphatic rings. The Balaban J connectivity index is 2.33. The van der Waals surface area contributed by atoms with E-state index in [2.05, 4.69) is 28.7 Å². The molecule has 0 atom stereocenters. The molecule has 0 aliphatic heterocycles. The quantitative estimate of drug-likeness (QED) is 0.454. The number of nitrogens with zero attached hydrogens (tertiary/aromatic N) is 4. The Kier molecular flexibility index (Phi) is 2.05. The summed E-state index contributed by atoms with van der Waals surface area (Å²) in [6.07, 6.45) is 0. The molecule has 0 saturated carbocycles. The second-order valence-corrected chi connectivity index (χ2v) is 4.88. The van der Waals surface area contributed by atoms with Gasteiger partial charge in [0.25, 0.3) is 5.56 Å². The Morgan fingerprint density at radius 3 is 2.65 bits per heavy atom. The predicted molar refractivity (Wildman–Crippen MR) is 74.0 cm³/mol. The van der Waals surface area contributed by atoms with E-state index in [-0.39, 0.29) is 11.2 Å². The molecule has 0 spiro atoms. The van der Waals surface area contributed by atoms with Crippen LogP contribution >= 0.6 is 11.7 Å². The summed E-state index contributed by atoms with van der Waals surface area (Å²) in [6.45, 7) is 1.90. The molecule has 0 saturated heterocycles. The summed E-state index contributed by atoms with van der Waals surface area (Å²) in [5.41, 5.74) is 2.41. The SMILES string of the molecule is Cc1cc2nc3[nH]c(=O)[nH]c(=O)c3nc2c2nsnc12. The van der Waals surface area contributed by atoms with E-state index in [0.29, 0.717) is 16.6 Å². The highest BCUT2D eigenvalue weighted by molar-refractivity contribution is 7.00. The average molecular weight is 286 g/mol. The Bertz CT molecular complexity index is 1110. The van der Waals surface area contributed by atoms with E-state index in [9.17, 15) is 9.59 Å². The minimum atomic E-state index is -0.607. The third kappa shape index (κ3) is 1.40. The maximum Gasteiger partial charge on any atom is 0.327 e. The van der Waals surface area contributed by atoms with E-state index < -0.39 is 11.2 Å². The lowest BCUT2D eigenvalue weighted by molar-refractivity contribution is 1.05. The van der Waals surface area contributed by atoms with E-state index in [1.165, 1.54) is 0 Å². The standard InChI is InChI=1S/C11H6N6O2S/c1-3-2-4-6(7-5(3)16-20-17-7)13-8-9(12-4)14-11(19)15-10(8)18/h2H,1H3,(H2,12,14,15,18,19). The number of hydrogen-bond donors (Lipinski definition) is 2. The highest BCUT2D eigenvalue weighted by atomic mass is 32.1. The first-order chi connectivity index (χ1) is 9.63. The van der Waals surface area contributed by atoms with E-state index in [1.54, 1.807) is 0 Å². The number of rotatable bonds is 0. The van der Waals surface area contributed by atoms with Crippen molar-refractivity contribution in [1.29, 1.82) is 0 Å². The molecular weight excluding hydrogens is 280 g/mol. The van der Waals surface area contributed by atoms with Crippen LogP contribution < -0.4 is 11.2 Å². The van der Waals surface area contributed by atoms with Gasteiger partial charge in [0, 0.05) is 0 Å². The molecule has 9 heteroatoms. The minimum Gasteiger partial charge on any atom is -0.290 e. The van der Waals surface area contributed by atoms with Gasteiger partial charge in [-0.25, -0.2) is 14.8 Å². The summed E-state index contributed by atoms with van der Waals surface area (Å²) in [5, 5.41) is 0. The lowest BCUT2D eigenvalue weighted by atomic mass is 10.1. The largest absolute Gasteiger partial charge is 0.327 e. The van der Waals surface area contributed by atoms with Gasteiger partial charge < -0.3 is 0 Å². The van der Waals surface area contributed by atoms with Crippen molar-refractivity contribution in [1.82, 2.24) is 28.7 Å². The van der Waals surface area contributed by atoms with Crippen LogP contribution in [0.3, 0.4) is 0 Å². The molecule has 8 nitrogen and oxygen atoms in total. The number of aromatic nitrogens is 6. The number of fused-ring (bicyclic) bond motifs is 4. The third-order valence-corrected chi connectivity index (χ3v) is 3.56. The van der Waals surface area contributed by atoms with Gasteiger partial charge >= 0.3 is 5.69 Å². The minimum absolute atomic E-state index is 0.0789. The summed E-state index contributed by atoms with van der Waals surface area (Å²) in [4.78, 5) is 36.2. The number of aromatic amines is 2. The topological polar surface area (TPSA) is 117 Å². The fourth-order valence-corrected chi connectivity index (χ4v) is 2.75. The van der Waals surface area contributed by atoms with Crippen LogP contribution in [0.5, 0.6) is 0 Å². The Hall–Kier alpha value is -2.68. The van der Waals surface area contributed by atoms with Crippen LogP contribution in [0.1, 0.15) is 5.56 Å². The van der Waals surface area contributed by atoms with Crippen molar-refractivity contribution >= 4 is 45.0 Å². The summed E-state index contributed by atoms with van der Waals surface area (Å²) in [5.74, 6) is 0. The number of benzene rings is 1. The second kappa shape index (κ2) is 3.67. The number of aryl methyl sites for hydroxylation is 1. The van der Waals surface area contributed by atoms with Crippen LogP contribution in [-0.2, 0) is 0 Å². The fraction of sp³-hybridized carbons (Fsp3) is 0.0909. The van der Waals surface area contributed by atoms with Crippen LogP contribution in [-0.4, -0.2) is 28.7 Å². The van der Waals surface area contributed by atoms with Gasteiger partial charge in [-0.15, -0.1) is 0 Å². The van der Waals surface area contributed by atoms with Crippen molar-refractivity contribution < 1.29 is 0 Å². The third-order valence-electron chi connectivity index (χ3n) is 3.04. The average Bonchev–Trinajstić information content (AvgIpc) is 2.87. The van der Waals surface area contributed by atoms with Crippen molar-refractivity contribution in [2.75, 3.05) is 0 Å². The molecule has 2 N–H and O–H groups in total. The molecule has 4 rings (SSSR count). The molecule has 20 heavy (non-hydrogen) atoms. The maximum atomic E-state index is 11.8. The molecule has 98 valence electrons. The first-order valence-electron chi connectivity index (χ1n) is 5.69. The van der Waals surface area contributed by atoms with Gasteiger partial charge in [0.05, 0.1) is 17.2 Å². The molecule has 0 bridgehead atoms. The molecule has 0 amide bonds. The van der Waals surface area contributed by atoms with Gasteiger partial charge in [0.15, 0.2) is 11.2 Å². The van der Waals surface area contributed by atoms with E-state index in [4.69, 9.17) is 0 Å². The maximum absolute atomic E-state index is 11.8. The van der Waals surface area contributed by atoms with Crippen molar-refractivity contribution in [2.24, 2.45) is 0 Å². The summed E-state index contributed by atoms with van der Waals surface area (Å²) < 4.78 is 8.41. The molecule has 0 fully saturated rings. The van der Waals surface area contributed by atoms with E-state index >= 15 is 0 Å². The van der Waals surface area contributed by atoms with Crippen LogP contribution in [0.15, 0.2) is 15.7 Å². The van der Waals surface area contributed by atoms with Crippen LogP contribution in [0.2, 0.25) is 0 Å². The zero-order valence-corrected chi connectivity index (χ0v) is 10.9. The monoisotopic (exact) mass is 286 g/mol. The summed E-state index contributed by atoms with van der Waals surface area (Å²) in [7, 11) is 0. The van der Waals surface area contributed by atoms with E-state index in [0.717, 1.165) is 22.8 Å². The van der Waals surface area contributed by atoms with Crippen molar-refractivity contribution in [3.05, 3.63) is 32.5 Å².